The Bertz CT molecular complexity index is 1280. The van der Waals surface area contributed by atoms with Crippen LogP contribution in [0.15, 0.2) is 47.5 Å². The molecule has 8 heteroatoms. The molecule has 0 radical (unpaired) electrons. The van der Waals surface area contributed by atoms with Gasteiger partial charge in [-0.2, -0.15) is 0 Å². The summed E-state index contributed by atoms with van der Waals surface area (Å²) < 4.78 is 6.55. The molecule has 1 aliphatic carbocycles. The van der Waals surface area contributed by atoms with Crippen molar-refractivity contribution in [2.24, 2.45) is 0 Å². The lowest BCUT2D eigenvalue weighted by atomic mass is 9.88. The number of thioether (sulfide) groups is 1. The maximum absolute atomic E-state index is 12.7. The summed E-state index contributed by atoms with van der Waals surface area (Å²) in [4.78, 5) is 27.0. The molecule has 0 unspecified atom stereocenters. The Labute approximate surface area is 201 Å². The summed E-state index contributed by atoms with van der Waals surface area (Å²) >= 11 is 2.92. The van der Waals surface area contributed by atoms with Gasteiger partial charge in [-0.05, 0) is 44.0 Å². The summed E-state index contributed by atoms with van der Waals surface area (Å²) in [7, 11) is 0. The molecule has 1 fully saturated rings. The van der Waals surface area contributed by atoms with Crippen molar-refractivity contribution in [1.29, 1.82) is 0 Å². The molecule has 2 aromatic carbocycles. The second-order valence-electron chi connectivity index (χ2n) is 8.16. The van der Waals surface area contributed by atoms with Crippen LogP contribution in [0.25, 0.3) is 21.1 Å². The zero-order valence-electron chi connectivity index (χ0n) is 18.5. The molecule has 0 atom stereocenters. The number of aromatic nitrogens is 3. The van der Waals surface area contributed by atoms with E-state index in [2.05, 4.69) is 10.3 Å². The fourth-order valence-corrected chi connectivity index (χ4v) is 5.96. The van der Waals surface area contributed by atoms with Gasteiger partial charge in [-0.15, -0.1) is 0 Å². The van der Waals surface area contributed by atoms with E-state index in [1.807, 2.05) is 49.4 Å². The zero-order chi connectivity index (χ0) is 22.6. The first kappa shape index (κ1) is 22.1. The third-order valence-corrected chi connectivity index (χ3v) is 7.74. The number of carbonyl (C=O) groups excluding carboxylic acids is 1. The Morgan fingerprint density at radius 1 is 1.09 bits per heavy atom. The summed E-state index contributed by atoms with van der Waals surface area (Å²) in [6.45, 7) is 2.57. The fraction of sp³-hybridized carbons (Fsp3) is 0.360. The number of anilines is 1. The average molecular weight is 479 g/mol. The lowest BCUT2D eigenvalue weighted by molar-refractivity contribution is -0.113. The Morgan fingerprint density at radius 2 is 1.94 bits per heavy atom. The van der Waals surface area contributed by atoms with Crippen molar-refractivity contribution >= 4 is 55.3 Å². The van der Waals surface area contributed by atoms with E-state index in [-0.39, 0.29) is 11.7 Å². The van der Waals surface area contributed by atoms with Crippen LogP contribution >= 0.6 is 23.1 Å². The molecular weight excluding hydrogens is 452 g/mol. The topological polar surface area (TPSA) is 77.0 Å². The third kappa shape index (κ3) is 5.12. The van der Waals surface area contributed by atoms with Crippen molar-refractivity contribution in [2.45, 2.75) is 50.0 Å². The van der Waals surface area contributed by atoms with Crippen molar-refractivity contribution < 1.29 is 9.53 Å². The molecule has 2 heterocycles. The first-order valence-electron chi connectivity index (χ1n) is 11.4. The van der Waals surface area contributed by atoms with Crippen LogP contribution in [0.1, 0.15) is 50.8 Å². The molecule has 6 nitrogen and oxygen atoms in total. The number of hydrogen-bond acceptors (Lipinski definition) is 7. The van der Waals surface area contributed by atoms with Gasteiger partial charge >= 0.3 is 0 Å². The minimum atomic E-state index is -0.0917. The molecule has 4 aromatic rings. The van der Waals surface area contributed by atoms with Gasteiger partial charge in [-0.1, -0.05) is 60.6 Å². The van der Waals surface area contributed by atoms with Gasteiger partial charge in [0.05, 0.1) is 28.1 Å². The summed E-state index contributed by atoms with van der Waals surface area (Å²) in [6, 6.07) is 13.8. The largest absolute Gasteiger partial charge is 0.494 e. The van der Waals surface area contributed by atoms with E-state index < -0.39 is 0 Å². The Balaban J connectivity index is 1.30. The first-order valence-corrected chi connectivity index (χ1v) is 13.2. The number of nitrogens with zero attached hydrogens (tertiary/aromatic N) is 3. The molecule has 5 rings (SSSR count). The van der Waals surface area contributed by atoms with Gasteiger partial charge < -0.3 is 10.1 Å². The molecule has 1 amide bonds. The van der Waals surface area contributed by atoms with Crippen molar-refractivity contribution in [1.82, 2.24) is 15.0 Å². The highest BCUT2D eigenvalue weighted by Gasteiger charge is 2.20. The normalized spacial score (nSPS) is 14.6. The SMILES string of the molecule is CCOc1ccc2nc(NC(=O)CSc3nc(C4CCCCC4)nc4ccccc34)sc2c1. The van der Waals surface area contributed by atoms with Crippen molar-refractivity contribution in [3.8, 4) is 5.75 Å². The number of thiazole rings is 1. The third-order valence-electron chi connectivity index (χ3n) is 5.81. The van der Waals surface area contributed by atoms with E-state index >= 15 is 0 Å². The monoisotopic (exact) mass is 478 g/mol. The lowest BCUT2D eigenvalue weighted by Gasteiger charge is -2.21. The van der Waals surface area contributed by atoms with Gasteiger partial charge in [-0.25, -0.2) is 15.0 Å². The molecule has 0 bridgehead atoms. The number of carbonyl (C=O) groups is 1. The molecule has 1 saturated carbocycles. The van der Waals surface area contributed by atoms with Crippen LogP contribution in [0.5, 0.6) is 5.75 Å². The average Bonchev–Trinajstić information content (AvgIpc) is 3.24. The smallest absolute Gasteiger partial charge is 0.236 e. The van der Waals surface area contributed by atoms with E-state index in [4.69, 9.17) is 14.7 Å². The predicted octanol–water partition coefficient (Wildman–Crippen LogP) is 6.42. The molecule has 1 N–H and O–H groups in total. The number of hydrogen-bond donors (Lipinski definition) is 1. The van der Waals surface area contributed by atoms with Crippen LogP contribution in [-0.2, 0) is 4.79 Å². The predicted molar refractivity (Wildman–Crippen MR) is 136 cm³/mol. The highest BCUT2D eigenvalue weighted by molar-refractivity contribution is 8.00. The number of rotatable bonds is 7. The molecular formula is C25H26N4O2S2. The van der Waals surface area contributed by atoms with Crippen LogP contribution < -0.4 is 10.1 Å². The number of para-hydroxylation sites is 1. The Hall–Kier alpha value is -2.71. The van der Waals surface area contributed by atoms with Crippen molar-refractivity contribution in [3.05, 3.63) is 48.3 Å². The highest BCUT2D eigenvalue weighted by Crippen LogP contribution is 2.34. The van der Waals surface area contributed by atoms with E-state index in [0.29, 0.717) is 17.7 Å². The van der Waals surface area contributed by atoms with Gasteiger partial charge in [-0.3, -0.25) is 4.79 Å². The first-order chi connectivity index (χ1) is 16.2. The van der Waals surface area contributed by atoms with Gasteiger partial charge in [0.25, 0.3) is 0 Å². The number of benzene rings is 2. The second-order valence-corrected chi connectivity index (χ2v) is 10.2. The van der Waals surface area contributed by atoms with Gasteiger partial charge in [0, 0.05) is 11.3 Å². The number of amides is 1. The van der Waals surface area contributed by atoms with E-state index in [0.717, 1.165) is 50.6 Å². The maximum atomic E-state index is 12.7. The minimum Gasteiger partial charge on any atom is -0.494 e. The van der Waals surface area contributed by atoms with Crippen LogP contribution in [0.3, 0.4) is 0 Å². The summed E-state index contributed by atoms with van der Waals surface area (Å²) in [5.41, 5.74) is 1.80. The van der Waals surface area contributed by atoms with E-state index in [1.54, 1.807) is 0 Å². The van der Waals surface area contributed by atoms with E-state index in [1.165, 1.54) is 42.4 Å². The maximum Gasteiger partial charge on any atom is 0.236 e. The molecule has 1 aliphatic rings. The summed E-state index contributed by atoms with van der Waals surface area (Å²) in [6.07, 6.45) is 6.06. The lowest BCUT2D eigenvalue weighted by Crippen LogP contribution is -2.14. The molecule has 0 spiro atoms. The van der Waals surface area contributed by atoms with Crippen LogP contribution in [0.4, 0.5) is 5.13 Å². The van der Waals surface area contributed by atoms with Gasteiger partial charge in [0.15, 0.2) is 5.13 Å². The Morgan fingerprint density at radius 3 is 2.79 bits per heavy atom. The summed E-state index contributed by atoms with van der Waals surface area (Å²) in [5, 5.41) is 5.41. The minimum absolute atomic E-state index is 0.0917. The Kier molecular flexibility index (Phi) is 6.73. The quantitative estimate of drug-likeness (QED) is 0.244. The molecule has 0 saturated heterocycles. The van der Waals surface area contributed by atoms with Gasteiger partial charge in [0.1, 0.15) is 16.6 Å². The standard InChI is InChI=1S/C25H26N4O2S2/c1-2-31-17-12-13-20-21(14-17)33-25(27-20)28-22(30)15-32-24-18-10-6-7-11-19(18)26-23(29-24)16-8-4-3-5-9-16/h6-7,10-14,16H,2-5,8-9,15H2,1H3,(H,27,28,30). The van der Waals surface area contributed by atoms with Crippen LogP contribution in [-0.4, -0.2) is 33.2 Å². The van der Waals surface area contributed by atoms with Gasteiger partial charge in [0.2, 0.25) is 5.91 Å². The van der Waals surface area contributed by atoms with Crippen LogP contribution in [0, 0.1) is 0 Å². The molecule has 0 aliphatic heterocycles. The van der Waals surface area contributed by atoms with Crippen molar-refractivity contribution in [2.75, 3.05) is 17.7 Å². The zero-order valence-corrected chi connectivity index (χ0v) is 20.2. The highest BCUT2D eigenvalue weighted by atomic mass is 32.2. The summed E-state index contributed by atoms with van der Waals surface area (Å²) in [5.74, 6) is 2.33. The molecule has 33 heavy (non-hydrogen) atoms. The van der Waals surface area contributed by atoms with Crippen LogP contribution in [0.2, 0.25) is 0 Å². The second kappa shape index (κ2) is 10.1. The number of ether oxygens (including phenoxy) is 1. The van der Waals surface area contributed by atoms with E-state index in [9.17, 15) is 4.79 Å². The molecule has 2 aromatic heterocycles. The van der Waals surface area contributed by atoms with Crippen molar-refractivity contribution in [3.63, 3.8) is 0 Å². The molecule has 170 valence electrons. The number of nitrogens with one attached hydrogen (secondary N) is 1. The number of fused-ring (bicyclic) bond motifs is 2. The fourth-order valence-electron chi connectivity index (χ4n) is 4.22.